The number of fused-ring (bicyclic) bond motifs is 1. The molecule has 3 rings (SSSR count). The van der Waals surface area contributed by atoms with Crippen molar-refractivity contribution in [3.05, 3.63) is 18.3 Å². The highest BCUT2D eigenvalue weighted by Gasteiger charge is 2.52. The van der Waals surface area contributed by atoms with Crippen molar-refractivity contribution in [1.29, 1.82) is 0 Å². The molecular formula is C16H23BN2O3. The fourth-order valence-electron chi connectivity index (χ4n) is 2.61. The first-order valence-corrected chi connectivity index (χ1v) is 7.68. The minimum atomic E-state index is -0.436. The number of benzene rings is 1. The zero-order valence-corrected chi connectivity index (χ0v) is 14.1. The zero-order valence-electron chi connectivity index (χ0n) is 14.1. The Bertz CT molecular complexity index is 693. The molecule has 6 heteroatoms. The van der Waals surface area contributed by atoms with Crippen molar-refractivity contribution in [2.75, 3.05) is 7.11 Å². The highest BCUT2D eigenvalue weighted by molar-refractivity contribution is 6.63. The lowest BCUT2D eigenvalue weighted by molar-refractivity contribution is 0.00578. The summed E-state index contributed by atoms with van der Waals surface area (Å²) in [5.74, 6) is 0.743. The number of aromatic nitrogens is 2. The minimum absolute atomic E-state index is 0.370. The summed E-state index contributed by atoms with van der Waals surface area (Å²) in [6.07, 6.45) is 2.03. The van der Waals surface area contributed by atoms with E-state index >= 15 is 0 Å². The maximum absolute atomic E-state index is 6.15. The normalized spacial score (nSPS) is 19.8. The molecule has 1 aliphatic heterocycles. The molecule has 1 saturated heterocycles. The van der Waals surface area contributed by atoms with Gasteiger partial charge in [0.2, 0.25) is 0 Å². The lowest BCUT2D eigenvalue weighted by Crippen LogP contribution is -2.41. The maximum Gasteiger partial charge on any atom is 0.498 e. The molecule has 0 unspecified atom stereocenters. The molecule has 5 nitrogen and oxygen atoms in total. The third kappa shape index (κ3) is 2.30. The average Bonchev–Trinajstić information content (AvgIpc) is 2.94. The standard InChI is InChI=1S/C16H23BN2O3/c1-7-19-10-11-8-12(14(20-6)9-13(11)18-19)17-21-15(2,3)16(4,5)22-17/h8-10H,7H2,1-6H3. The van der Waals surface area contributed by atoms with Crippen LogP contribution in [0.3, 0.4) is 0 Å². The van der Waals surface area contributed by atoms with E-state index in [2.05, 4.69) is 18.1 Å². The third-order valence-electron chi connectivity index (χ3n) is 4.73. The van der Waals surface area contributed by atoms with Gasteiger partial charge in [0.15, 0.2) is 0 Å². The van der Waals surface area contributed by atoms with E-state index in [0.717, 1.165) is 28.7 Å². The van der Waals surface area contributed by atoms with Gasteiger partial charge in [0, 0.05) is 29.7 Å². The SMILES string of the molecule is CCn1cc2cc(B3OC(C)(C)C(C)(C)O3)c(OC)cc2n1. The lowest BCUT2D eigenvalue weighted by atomic mass is 9.78. The van der Waals surface area contributed by atoms with Crippen LogP contribution >= 0.6 is 0 Å². The van der Waals surface area contributed by atoms with E-state index in [-0.39, 0.29) is 11.2 Å². The molecule has 2 aromatic rings. The van der Waals surface area contributed by atoms with Gasteiger partial charge in [-0.2, -0.15) is 5.10 Å². The molecule has 22 heavy (non-hydrogen) atoms. The summed E-state index contributed by atoms with van der Waals surface area (Å²) in [6.45, 7) is 11.1. The number of methoxy groups -OCH3 is 1. The fourth-order valence-corrected chi connectivity index (χ4v) is 2.61. The summed E-state index contributed by atoms with van der Waals surface area (Å²) in [7, 11) is 1.22. The number of nitrogens with zero attached hydrogens (tertiary/aromatic N) is 2. The van der Waals surface area contributed by atoms with Gasteiger partial charge in [-0.3, -0.25) is 4.68 Å². The summed E-state index contributed by atoms with van der Waals surface area (Å²) < 4.78 is 19.7. The van der Waals surface area contributed by atoms with Gasteiger partial charge in [0.05, 0.1) is 23.8 Å². The van der Waals surface area contributed by atoms with Crippen molar-refractivity contribution in [3.63, 3.8) is 0 Å². The monoisotopic (exact) mass is 302 g/mol. The first-order chi connectivity index (χ1) is 10.3. The van der Waals surface area contributed by atoms with Gasteiger partial charge in [-0.25, -0.2) is 0 Å². The molecule has 118 valence electrons. The summed E-state index contributed by atoms with van der Waals surface area (Å²) in [6, 6.07) is 4.00. The van der Waals surface area contributed by atoms with E-state index in [4.69, 9.17) is 14.0 Å². The van der Waals surface area contributed by atoms with Gasteiger partial charge in [0.1, 0.15) is 5.75 Å². The van der Waals surface area contributed by atoms with E-state index < -0.39 is 7.12 Å². The first kappa shape index (κ1) is 15.4. The van der Waals surface area contributed by atoms with Crippen LogP contribution < -0.4 is 10.2 Å². The maximum atomic E-state index is 6.15. The molecule has 0 radical (unpaired) electrons. The Hall–Kier alpha value is -1.53. The number of hydrogen-bond donors (Lipinski definition) is 0. The molecule has 1 aliphatic rings. The molecule has 2 heterocycles. The second-order valence-corrected chi connectivity index (χ2v) is 6.73. The summed E-state index contributed by atoms with van der Waals surface area (Å²) in [5.41, 5.74) is 1.08. The number of rotatable bonds is 3. The van der Waals surface area contributed by atoms with Crippen LogP contribution in [0, 0.1) is 0 Å². The highest BCUT2D eigenvalue weighted by Crippen LogP contribution is 2.37. The summed E-state index contributed by atoms with van der Waals surface area (Å²) in [5, 5.41) is 5.58. The van der Waals surface area contributed by atoms with Crippen molar-refractivity contribution < 1.29 is 14.0 Å². The Balaban J connectivity index is 2.06. The third-order valence-corrected chi connectivity index (χ3v) is 4.73. The molecule has 0 spiro atoms. The molecule has 0 amide bonds. The van der Waals surface area contributed by atoms with Gasteiger partial charge >= 0.3 is 7.12 Å². The lowest BCUT2D eigenvalue weighted by Gasteiger charge is -2.32. The Morgan fingerprint density at radius 3 is 2.36 bits per heavy atom. The molecule has 0 aliphatic carbocycles. The minimum Gasteiger partial charge on any atom is -0.497 e. The smallest absolute Gasteiger partial charge is 0.497 e. The molecule has 0 bridgehead atoms. The van der Waals surface area contributed by atoms with Crippen LogP contribution in [0.2, 0.25) is 0 Å². The van der Waals surface area contributed by atoms with E-state index in [1.54, 1.807) is 7.11 Å². The number of hydrogen-bond acceptors (Lipinski definition) is 4. The summed E-state index contributed by atoms with van der Waals surface area (Å²) >= 11 is 0. The van der Waals surface area contributed by atoms with E-state index in [1.807, 2.05) is 44.6 Å². The van der Waals surface area contributed by atoms with Crippen LogP contribution in [-0.4, -0.2) is 35.2 Å². The summed E-state index contributed by atoms with van der Waals surface area (Å²) in [4.78, 5) is 0. The largest absolute Gasteiger partial charge is 0.498 e. The molecule has 1 aromatic heterocycles. The van der Waals surface area contributed by atoms with Crippen LogP contribution in [0.15, 0.2) is 18.3 Å². The van der Waals surface area contributed by atoms with Crippen molar-refractivity contribution in [2.24, 2.45) is 0 Å². The number of ether oxygens (including phenoxy) is 1. The van der Waals surface area contributed by atoms with Gasteiger partial charge in [-0.15, -0.1) is 0 Å². The molecule has 0 N–H and O–H groups in total. The average molecular weight is 302 g/mol. The molecular weight excluding hydrogens is 279 g/mol. The second-order valence-electron chi connectivity index (χ2n) is 6.73. The Morgan fingerprint density at radius 1 is 1.18 bits per heavy atom. The van der Waals surface area contributed by atoms with Gasteiger partial charge < -0.3 is 14.0 Å². The predicted molar refractivity (Wildman–Crippen MR) is 87.7 cm³/mol. The number of aryl methyl sites for hydroxylation is 1. The predicted octanol–water partition coefficient (Wildman–Crippen LogP) is 2.36. The Kier molecular flexibility index (Phi) is 3.49. The van der Waals surface area contributed by atoms with Crippen LogP contribution in [0.25, 0.3) is 10.9 Å². The van der Waals surface area contributed by atoms with E-state index in [0.29, 0.717) is 0 Å². The molecule has 0 atom stereocenters. The highest BCUT2D eigenvalue weighted by atomic mass is 16.7. The Labute approximate surface area is 131 Å². The van der Waals surface area contributed by atoms with Gasteiger partial charge in [-0.05, 0) is 40.7 Å². The molecule has 1 fully saturated rings. The van der Waals surface area contributed by atoms with Crippen molar-refractivity contribution >= 4 is 23.5 Å². The van der Waals surface area contributed by atoms with E-state index in [1.165, 1.54) is 0 Å². The van der Waals surface area contributed by atoms with Crippen LogP contribution in [0.5, 0.6) is 5.75 Å². The Morgan fingerprint density at radius 2 is 1.82 bits per heavy atom. The van der Waals surface area contributed by atoms with Crippen LogP contribution in [0.4, 0.5) is 0 Å². The van der Waals surface area contributed by atoms with Crippen molar-refractivity contribution in [3.8, 4) is 5.75 Å². The quantitative estimate of drug-likeness (QED) is 0.817. The molecule has 0 saturated carbocycles. The van der Waals surface area contributed by atoms with E-state index in [9.17, 15) is 0 Å². The zero-order chi connectivity index (χ0) is 16.1. The molecule has 1 aromatic carbocycles. The van der Waals surface area contributed by atoms with Crippen LogP contribution in [0.1, 0.15) is 34.6 Å². The van der Waals surface area contributed by atoms with Crippen molar-refractivity contribution in [2.45, 2.75) is 52.4 Å². The topological polar surface area (TPSA) is 45.5 Å². The van der Waals surface area contributed by atoms with Gasteiger partial charge in [-0.1, -0.05) is 0 Å². The van der Waals surface area contributed by atoms with Crippen LogP contribution in [-0.2, 0) is 15.9 Å². The van der Waals surface area contributed by atoms with Gasteiger partial charge in [0.25, 0.3) is 0 Å². The van der Waals surface area contributed by atoms with Crippen molar-refractivity contribution in [1.82, 2.24) is 9.78 Å². The first-order valence-electron chi connectivity index (χ1n) is 7.68. The second kappa shape index (κ2) is 5.00. The fraction of sp³-hybridized carbons (Fsp3) is 0.562.